The van der Waals surface area contributed by atoms with E-state index in [2.05, 4.69) is 170 Å². The molecule has 1 aliphatic carbocycles. The molecule has 2 heterocycles. The summed E-state index contributed by atoms with van der Waals surface area (Å²) in [5.41, 5.74) is 17.0. The zero-order chi connectivity index (χ0) is 38.6. The standard InChI is InChI=1S/C54H33N3S/c55-34-35-19-21-36(22-20-35)37-23-25-38(26-24-37)41-28-30-52-48(31-41)54(46-17-9-10-18-51(46)58-52)45-16-8-7-15-43(45)44-29-27-42(32-47(44)54)53-56-49(39-11-3-1-4-12-39)33-50(57-53)40-13-5-2-6-14-40/h1-33H. The number of nitriles is 1. The van der Waals surface area contributed by atoms with Crippen molar-refractivity contribution in [3.63, 3.8) is 0 Å². The number of benzene rings is 8. The summed E-state index contributed by atoms with van der Waals surface area (Å²) in [7, 11) is 0. The first-order valence-electron chi connectivity index (χ1n) is 19.4. The molecule has 0 fully saturated rings. The van der Waals surface area contributed by atoms with Gasteiger partial charge >= 0.3 is 0 Å². The van der Waals surface area contributed by atoms with Crippen molar-refractivity contribution in [3.05, 3.63) is 228 Å². The molecule has 11 rings (SSSR count). The highest BCUT2D eigenvalue weighted by molar-refractivity contribution is 7.99. The summed E-state index contributed by atoms with van der Waals surface area (Å²) in [6.07, 6.45) is 0. The Kier molecular flexibility index (Phi) is 8.03. The lowest BCUT2D eigenvalue weighted by atomic mass is 9.66. The van der Waals surface area contributed by atoms with Crippen molar-refractivity contribution in [1.29, 1.82) is 5.26 Å². The largest absolute Gasteiger partial charge is 0.228 e. The maximum atomic E-state index is 9.29. The third-order valence-corrected chi connectivity index (χ3v) is 12.8. The van der Waals surface area contributed by atoms with Crippen molar-refractivity contribution in [3.8, 4) is 73.4 Å². The molecule has 8 aromatic carbocycles. The summed E-state index contributed by atoms with van der Waals surface area (Å²) in [6.45, 7) is 0. The normalized spacial score (nSPS) is 14.5. The van der Waals surface area contributed by atoms with E-state index in [0.29, 0.717) is 11.4 Å². The summed E-state index contributed by atoms with van der Waals surface area (Å²) in [6, 6.07) is 73.3. The minimum atomic E-state index is -0.573. The lowest BCUT2D eigenvalue weighted by Crippen LogP contribution is -2.32. The predicted molar refractivity (Wildman–Crippen MR) is 235 cm³/mol. The van der Waals surface area contributed by atoms with E-state index in [1.165, 1.54) is 43.2 Å². The third kappa shape index (κ3) is 5.44. The molecule has 1 aliphatic heterocycles. The molecule has 0 bridgehead atoms. The van der Waals surface area contributed by atoms with Crippen LogP contribution >= 0.6 is 11.8 Å². The molecule has 1 unspecified atom stereocenters. The monoisotopic (exact) mass is 755 g/mol. The molecule has 0 saturated heterocycles. The van der Waals surface area contributed by atoms with E-state index in [9.17, 15) is 5.26 Å². The Bertz CT molecular complexity index is 3020. The number of nitrogens with zero attached hydrogens (tertiary/aromatic N) is 3. The smallest absolute Gasteiger partial charge is 0.160 e. The molecule has 0 radical (unpaired) electrons. The van der Waals surface area contributed by atoms with Gasteiger partial charge in [-0.25, -0.2) is 9.97 Å². The van der Waals surface area contributed by atoms with Crippen molar-refractivity contribution < 1.29 is 0 Å². The second kappa shape index (κ2) is 13.7. The first-order chi connectivity index (χ1) is 28.7. The fraction of sp³-hybridized carbons (Fsp3) is 0.0185. The first kappa shape index (κ1) is 34.0. The van der Waals surface area contributed by atoms with Crippen LogP contribution in [0.1, 0.15) is 27.8 Å². The van der Waals surface area contributed by atoms with E-state index < -0.39 is 5.41 Å². The Morgan fingerprint density at radius 1 is 0.379 bits per heavy atom. The van der Waals surface area contributed by atoms with Crippen LogP contribution in [-0.2, 0) is 5.41 Å². The third-order valence-electron chi connectivity index (χ3n) is 11.6. The van der Waals surface area contributed by atoms with Crippen LogP contribution in [0, 0.1) is 11.3 Å². The summed E-state index contributed by atoms with van der Waals surface area (Å²) < 4.78 is 0. The lowest BCUT2D eigenvalue weighted by Gasteiger charge is -2.40. The molecule has 270 valence electrons. The number of rotatable bonds is 5. The van der Waals surface area contributed by atoms with Crippen LogP contribution < -0.4 is 0 Å². The lowest BCUT2D eigenvalue weighted by molar-refractivity contribution is 0.723. The van der Waals surface area contributed by atoms with Crippen LogP contribution in [0.3, 0.4) is 0 Å². The van der Waals surface area contributed by atoms with E-state index in [4.69, 9.17) is 9.97 Å². The van der Waals surface area contributed by atoms with Gasteiger partial charge in [0, 0.05) is 26.5 Å². The van der Waals surface area contributed by atoms with Gasteiger partial charge in [-0.2, -0.15) is 5.26 Å². The van der Waals surface area contributed by atoms with E-state index >= 15 is 0 Å². The van der Waals surface area contributed by atoms with Crippen molar-refractivity contribution in [2.45, 2.75) is 15.2 Å². The van der Waals surface area contributed by atoms with E-state index in [1.54, 1.807) is 0 Å². The molecule has 1 spiro atoms. The predicted octanol–water partition coefficient (Wildman–Crippen LogP) is 13.5. The van der Waals surface area contributed by atoms with Gasteiger partial charge in [-0.1, -0.05) is 169 Å². The van der Waals surface area contributed by atoms with Gasteiger partial charge in [0.05, 0.1) is 28.4 Å². The molecule has 0 amide bonds. The summed E-state index contributed by atoms with van der Waals surface area (Å²) in [5, 5.41) is 9.29. The minimum absolute atomic E-state index is 0.573. The average Bonchev–Trinajstić information content (AvgIpc) is 3.59. The van der Waals surface area contributed by atoms with Gasteiger partial charge in [0.1, 0.15) is 0 Å². The molecule has 1 atom stereocenters. The van der Waals surface area contributed by atoms with Gasteiger partial charge in [-0.3, -0.25) is 0 Å². The Labute approximate surface area is 342 Å². The molecule has 9 aromatic rings. The van der Waals surface area contributed by atoms with Crippen LogP contribution in [0.2, 0.25) is 0 Å². The molecule has 58 heavy (non-hydrogen) atoms. The minimum Gasteiger partial charge on any atom is -0.228 e. The zero-order valence-electron chi connectivity index (χ0n) is 31.3. The molecular weight excluding hydrogens is 723 g/mol. The van der Waals surface area contributed by atoms with Crippen LogP contribution in [0.25, 0.3) is 67.3 Å². The molecule has 2 aliphatic rings. The number of fused-ring (bicyclic) bond motifs is 9. The van der Waals surface area contributed by atoms with Crippen molar-refractivity contribution in [1.82, 2.24) is 9.97 Å². The quantitative estimate of drug-likeness (QED) is 0.175. The number of hydrogen-bond donors (Lipinski definition) is 0. The zero-order valence-corrected chi connectivity index (χ0v) is 32.1. The van der Waals surface area contributed by atoms with Crippen molar-refractivity contribution in [2.75, 3.05) is 0 Å². The molecule has 1 aromatic heterocycles. The number of hydrogen-bond acceptors (Lipinski definition) is 4. The molecule has 0 N–H and O–H groups in total. The Morgan fingerprint density at radius 2 is 0.879 bits per heavy atom. The highest BCUT2D eigenvalue weighted by Gasteiger charge is 2.50. The Balaban J connectivity index is 1.11. The van der Waals surface area contributed by atoms with Gasteiger partial charge in [0.25, 0.3) is 0 Å². The second-order valence-electron chi connectivity index (χ2n) is 14.8. The molecule has 0 saturated carbocycles. The topological polar surface area (TPSA) is 49.6 Å². The molecule has 4 heteroatoms. The highest BCUT2D eigenvalue weighted by atomic mass is 32.2. The van der Waals surface area contributed by atoms with Crippen LogP contribution in [-0.4, -0.2) is 9.97 Å². The summed E-state index contributed by atoms with van der Waals surface area (Å²) in [4.78, 5) is 13.0. The van der Waals surface area contributed by atoms with Gasteiger partial charge in [-0.15, -0.1) is 0 Å². The fourth-order valence-electron chi connectivity index (χ4n) is 8.90. The van der Waals surface area contributed by atoms with Gasteiger partial charge < -0.3 is 0 Å². The first-order valence-corrected chi connectivity index (χ1v) is 20.3. The van der Waals surface area contributed by atoms with E-state index in [0.717, 1.165) is 50.3 Å². The average molecular weight is 756 g/mol. The SMILES string of the molecule is N#Cc1ccc(-c2ccc(-c3ccc4c(c3)C3(c5ccccc5S4)c4ccccc4-c4ccc(-c5nc(-c6ccccc6)cc(-c6ccccc6)n5)cc43)cc2)cc1. The Morgan fingerprint density at radius 3 is 1.55 bits per heavy atom. The van der Waals surface area contributed by atoms with Crippen molar-refractivity contribution in [2.24, 2.45) is 0 Å². The summed E-state index contributed by atoms with van der Waals surface area (Å²) in [5.74, 6) is 0.698. The van der Waals surface area contributed by atoms with E-state index in [1.807, 2.05) is 48.2 Å². The van der Waals surface area contributed by atoms with E-state index in [-0.39, 0.29) is 0 Å². The molecular formula is C54H33N3S. The van der Waals surface area contributed by atoms with Crippen LogP contribution in [0.15, 0.2) is 210 Å². The van der Waals surface area contributed by atoms with Crippen LogP contribution in [0.4, 0.5) is 0 Å². The fourth-order valence-corrected chi connectivity index (χ4v) is 10.1. The van der Waals surface area contributed by atoms with Gasteiger partial charge in [0.2, 0.25) is 0 Å². The maximum absolute atomic E-state index is 9.29. The van der Waals surface area contributed by atoms with Gasteiger partial charge in [0.15, 0.2) is 5.82 Å². The Hall–Kier alpha value is -7.32. The number of aromatic nitrogens is 2. The summed E-state index contributed by atoms with van der Waals surface area (Å²) >= 11 is 1.85. The molecule has 3 nitrogen and oxygen atoms in total. The second-order valence-corrected chi connectivity index (χ2v) is 15.9. The maximum Gasteiger partial charge on any atom is 0.160 e. The van der Waals surface area contributed by atoms with Crippen molar-refractivity contribution >= 4 is 11.8 Å². The van der Waals surface area contributed by atoms with Gasteiger partial charge in [-0.05, 0) is 98.1 Å². The van der Waals surface area contributed by atoms with Crippen LogP contribution in [0.5, 0.6) is 0 Å². The highest BCUT2D eigenvalue weighted by Crippen LogP contribution is 2.62.